The van der Waals surface area contributed by atoms with Gasteiger partial charge < -0.3 is 10.6 Å². The smallest absolute Gasteiger partial charge is 0.308 e. The molecule has 0 aliphatic carbocycles. The van der Waals surface area contributed by atoms with E-state index in [0.717, 1.165) is 22.8 Å². The van der Waals surface area contributed by atoms with Gasteiger partial charge in [-0.15, -0.1) is 0 Å². The minimum absolute atomic E-state index is 0.271. The Balaban J connectivity index is 1.73. The summed E-state index contributed by atoms with van der Waals surface area (Å²) in [4.78, 5) is 12.2. The number of anilines is 2. The zero-order valence-electron chi connectivity index (χ0n) is 14.7. The first-order valence-electron chi connectivity index (χ1n) is 8.25. The Morgan fingerprint density at radius 1 is 0.960 bits per heavy atom. The zero-order valence-corrected chi connectivity index (χ0v) is 14.7. The molecule has 128 valence electrons. The van der Waals surface area contributed by atoms with E-state index in [9.17, 15) is 4.79 Å². The number of carbonyl (C=O) groups excluding carboxylic acids is 1. The SMILES string of the molecule is Cc1ccc(Cn2nc(C)c(NC(=O)Nc3ccccc3)c2C)cc1. The largest absolute Gasteiger partial charge is 0.323 e. The first-order valence-corrected chi connectivity index (χ1v) is 8.25. The Hall–Kier alpha value is -3.08. The number of rotatable bonds is 4. The van der Waals surface area contributed by atoms with Gasteiger partial charge in [0.05, 0.1) is 23.6 Å². The van der Waals surface area contributed by atoms with Crippen molar-refractivity contribution in [2.45, 2.75) is 27.3 Å². The van der Waals surface area contributed by atoms with Gasteiger partial charge in [-0.1, -0.05) is 48.0 Å². The second-order valence-corrected chi connectivity index (χ2v) is 6.13. The minimum atomic E-state index is -0.271. The Kier molecular flexibility index (Phi) is 4.84. The molecule has 2 aromatic carbocycles. The molecule has 0 aliphatic rings. The number of urea groups is 1. The quantitative estimate of drug-likeness (QED) is 0.738. The molecule has 3 aromatic rings. The molecule has 0 unspecified atom stereocenters. The number of para-hydroxylation sites is 1. The van der Waals surface area contributed by atoms with Gasteiger partial charge in [-0.3, -0.25) is 4.68 Å². The summed E-state index contributed by atoms with van der Waals surface area (Å²) in [7, 11) is 0. The highest BCUT2D eigenvalue weighted by Gasteiger charge is 2.14. The Labute approximate surface area is 147 Å². The standard InChI is InChI=1S/C20H22N4O/c1-14-9-11-17(12-10-14)13-24-16(3)19(15(2)23-24)22-20(25)21-18-7-5-4-6-8-18/h4-12H,13H2,1-3H3,(H2,21,22,25). The van der Waals surface area contributed by atoms with Crippen molar-refractivity contribution in [2.24, 2.45) is 0 Å². The third-order valence-corrected chi connectivity index (χ3v) is 4.10. The lowest BCUT2D eigenvalue weighted by molar-refractivity contribution is 0.262. The fourth-order valence-corrected chi connectivity index (χ4v) is 2.70. The highest BCUT2D eigenvalue weighted by Crippen LogP contribution is 2.21. The second kappa shape index (κ2) is 7.21. The van der Waals surface area contributed by atoms with Crippen LogP contribution in [0.25, 0.3) is 0 Å². The molecule has 3 rings (SSSR count). The van der Waals surface area contributed by atoms with Crippen LogP contribution in [0.15, 0.2) is 54.6 Å². The Morgan fingerprint density at radius 3 is 2.32 bits per heavy atom. The van der Waals surface area contributed by atoms with Crippen LogP contribution in [0, 0.1) is 20.8 Å². The van der Waals surface area contributed by atoms with Crippen LogP contribution < -0.4 is 10.6 Å². The maximum Gasteiger partial charge on any atom is 0.323 e. The summed E-state index contributed by atoms with van der Waals surface area (Å²) in [6.45, 7) is 6.61. The van der Waals surface area contributed by atoms with Crippen LogP contribution in [-0.2, 0) is 6.54 Å². The summed E-state index contributed by atoms with van der Waals surface area (Å²) in [5.74, 6) is 0. The number of carbonyl (C=O) groups is 1. The fourth-order valence-electron chi connectivity index (χ4n) is 2.70. The first kappa shape index (κ1) is 16.8. The molecule has 0 bridgehead atoms. The van der Waals surface area contributed by atoms with Crippen LogP contribution in [0.1, 0.15) is 22.5 Å². The Morgan fingerprint density at radius 2 is 1.64 bits per heavy atom. The summed E-state index contributed by atoms with van der Waals surface area (Å²) in [6, 6.07) is 17.5. The number of hydrogen-bond acceptors (Lipinski definition) is 2. The molecule has 0 radical (unpaired) electrons. The molecule has 5 heteroatoms. The van der Waals surface area contributed by atoms with Gasteiger partial charge in [-0.2, -0.15) is 5.10 Å². The summed E-state index contributed by atoms with van der Waals surface area (Å²) in [5, 5.41) is 10.3. The van der Waals surface area contributed by atoms with E-state index in [1.54, 1.807) is 0 Å². The van der Waals surface area contributed by atoms with E-state index in [1.165, 1.54) is 11.1 Å². The number of benzene rings is 2. The van der Waals surface area contributed by atoms with Crippen molar-refractivity contribution in [2.75, 3.05) is 10.6 Å². The summed E-state index contributed by atoms with van der Waals surface area (Å²) in [5.41, 5.74) is 5.64. The van der Waals surface area contributed by atoms with E-state index in [-0.39, 0.29) is 6.03 Å². The van der Waals surface area contributed by atoms with Crippen LogP contribution in [0.4, 0.5) is 16.2 Å². The Bertz CT molecular complexity index is 867. The zero-order chi connectivity index (χ0) is 17.8. The average Bonchev–Trinajstić information content (AvgIpc) is 2.85. The summed E-state index contributed by atoms with van der Waals surface area (Å²) < 4.78 is 1.91. The maximum absolute atomic E-state index is 12.2. The topological polar surface area (TPSA) is 59.0 Å². The lowest BCUT2D eigenvalue weighted by atomic mass is 10.1. The highest BCUT2D eigenvalue weighted by atomic mass is 16.2. The van der Waals surface area contributed by atoms with Gasteiger partial charge in [0.2, 0.25) is 0 Å². The lowest BCUT2D eigenvalue weighted by Gasteiger charge is -2.09. The maximum atomic E-state index is 12.2. The van der Waals surface area contributed by atoms with E-state index in [1.807, 2.05) is 48.9 Å². The van der Waals surface area contributed by atoms with Crippen molar-refractivity contribution in [3.63, 3.8) is 0 Å². The van der Waals surface area contributed by atoms with Crippen LogP contribution in [0.2, 0.25) is 0 Å². The third-order valence-electron chi connectivity index (χ3n) is 4.10. The van der Waals surface area contributed by atoms with E-state index >= 15 is 0 Å². The predicted molar refractivity (Wildman–Crippen MR) is 101 cm³/mol. The first-order chi connectivity index (χ1) is 12.0. The number of nitrogens with one attached hydrogen (secondary N) is 2. The number of hydrogen-bond donors (Lipinski definition) is 2. The van der Waals surface area contributed by atoms with Crippen molar-refractivity contribution in [1.29, 1.82) is 0 Å². The van der Waals surface area contributed by atoms with Crippen molar-refractivity contribution in [1.82, 2.24) is 9.78 Å². The van der Waals surface area contributed by atoms with Gasteiger partial charge in [0.25, 0.3) is 0 Å². The van der Waals surface area contributed by atoms with E-state index < -0.39 is 0 Å². The molecule has 0 saturated carbocycles. The molecular formula is C20H22N4O. The van der Waals surface area contributed by atoms with Crippen LogP contribution in [-0.4, -0.2) is 15.8 Å². The van der Waals surface area contributed by atoms with Gasteiger partial charge in [-0.25, -0.2) is 4.79 Å². The highest BCUT2D eigenvalue weighted by molar-refractivity contribution is 6.00. The van der Waals surface area contributed by atoms with Crippen LogP contribution in [0.5, 0.6) is 0 Å². The van der Waals surface area contributed by atoms with Gasteiger partial charge in [0, 0.05) is 5.69 Å². The van der Waals surface area contributed by atoms with Gasteiger partial charge in [-0.05, 0) is 38.5 Å². The van der Waals surface area contributed by atoms with E-state index in [2.05, 4.69) is 46.9 Å². The molecule has 0 fully saturated rings. The number of amides is 2. The van der Waals surface area contributed by atoms with Crippen molar-refractivity contribution in [3.05, 3.63) is 77.1 Å². The van der Waals surface area contributed by atoms with Crippen molar-refractivity contribution < 1.29 is 4.79 Å². The third kappa shape index (κ3) is 4.07. The average molecular weight is 334 g/mol. The fraction of sp³-hybridized carbons (Fsp3) is 0.200. The monoisotopic (exact) mass is 334 g/mol. The van der Waals surface area contributed by atoms with Crippen LogP contribution in [0.3, 0.4) is 0 Å². The van der Waals surface area contributed by atoms with E-state index in [0.29, 0.717) is 6.54 Å². The molecule has 5 nitrogen and oxygen atoms in total. The van der Waals surface area contributed by atoms with Crippen LogP contribution >= 0.6 is 0 Å². The molecule has 0 saturated heterocycles. The van der Waals surface area contributed by atoms with Gasteiger partial charge >= 0.3 is 6.03 Å². The second-order valence-electron chi connectivity index (χ2n) is 6.13. The summed E-state index contributed by atoms with van der Waals surface area (Å²) >= 11 is 0. The molecule has 0 aliphatic heterocycles. The number of aromatic nitrogens is 2. The molecule has 0 spiro atoms. The van der Waals surface area contributed by atoms with Gasteiger partial charge in [0.1, 0.15) is 0 Å². The molecule has 0 atom stereocenters. The minimum Gasteiger partial charge on any atom is -0.308 e. The number of aryl methyl sites for hydroxylation is 2. The molecule has 25 heavy (non-hydrogen) atoms. The molecule has 2 N–H and O–H groups in total. The number of nitrogens with zero attached hydrogens (tertiary/aromatic N) is 2. The molecule has 2 amide bonds. The van der Waals surface area contributed by atoms with E-state index in [4.69, 9.17) is 0 Å². The molecular weight excluding hydrogens is 312 g/mol. The molecule has 1 aromatic heterocycles. The van der Waals surface area contributed by atoms with Crippen molar-refractivity contribution in [3.8, 4) is 0 Å². The van der Waals surface area contributed by atoms with Gasteiger partial charge in [0.15, 0.2) is 0 Å². The summed E-state index contributed by atoms with van der Waals surface area (Å²) in [6.07, 6.45) is 0. The molecule has 1 heterocycles. The van der Waals surface area contributed by atoms with Crippen molar-refractivity contribution >= 4 is 17.4 Å². The normalized spacial score (nSPS) is 10.5. The predicted octanol–water partition coefficient (Wildman–Crippen LogP) is 4.50. The lowest BCUT2D eigenvalue weighted by Crippen LogP contribution is -2.20.